The maximum Gasteiger partial charge on any atom is 0.407 e. The van der Waals surface area contributed by atoms with Gasteiger partial charge in [0.25, 0.3) is 0 Å². The molecule has 0 spiro atoms. The Morgan fingerprint density at radius 3 is 2.52 bits per heavy atom. The molecule has 0 unspecified atom stereocenters. The normalized spacial score (nSPS) is 16.7. The van der Waals surface area contributed by atoms with Gasteiger partial charge >= 0.3 is 6.09 Å². The molecule has 1 N–H and O–H groups in total. The molecule has 6 heteroatoms. The Kier molecular flexibility index (Phi) is 6.67. The van der Waals surface area contributed by atoms with E-state index in [-0.39, 0.29) is 12.1 Å². The van der Waals surface area contributed by atoms with Gasteiger partial charge < -0.3 is 19.7 Å². The van der Waals surface area contributed by atoms with Crippen LogP contribution in [0, 0.1) is 0 Å². The second kappa shape index (κ2) is 8.74. The zero-order valence-electron chi connectivity index (χ0n) is 14.2. The number of nitrogens with one attached hydrogen (secondary N) is 1. The minimum absolute atomic E-state index is 0.125. The molecule has 2 rings (SSSR count). The highest BCUT2D eigenvalue weighted by Gasteiger charge is 2.23. The van der Waals surface area contributed by atoms with Gasteiger partial charge in [0.05, 0.1) is 25.9 Å². The van der Waals surface area contributed by atoms with Gasteiger partial charge in [0.15, 0.2) is 0 Å². The lowest BCUT2D eigenvalue weighted by molar-refractivity contribution is 0.0161. The van der Waals surface area contributed by atoms with E-state index in [1.54, 1.807) is 6.92 Å². The molecule has 1 aromatic rings. The van der Waals surface area contributed by atoms with E-state index in [4.69, 9.17) is 9.47 Å². The van der Waals surface area contributed by atoms with Crippen molar-refractivity contribution in [2.45, 2.75) is 13.0 Å². The Morgan fingerprint density at radius 2 is 1.96 bits per heavy atom. The lowest BCUT2D eigenvalue weighted by Crippen LogP contribution is -2.43. The van der Waals surface area contributed by atoms with Crippen LogP contribution in [-0.4, -0.2) is 64.5 Å². The van der Waals surface area contributed by atoms with Gasteiger partial charge in [-0.2, -0.15) is 0 Å². The van der Waals surface area contributed by atoms with Crippen LogP contribution in [0.4, 0.5) is 10.5 Å². The second-order valence-electron chi connectivity index (χ2n) is 5.75. The standard InChI is InChI=1S/C17H27N3O3/c1-4-23-17(21)18-13-16(20-9-11-22-12-10-20)14-5-7-15(8-6-14)19(2)3/h5-8,16H,4,9-13H2,1-3H3,(H,18,21)/t16-/m1/s1. The monoisotopic (exact) mass is 321 g/mol. The third-order valence-electron chi connectivity index (χ3n) is 4.00. The molecule has 0 aliphatic carbocycles. The van der Waals surface area contributed by atoms with Gasteiger partial charge in [0.1, 0.15) is 0 Å². The van der Waals surface area contributed by atoms with E-state index in [9.17, 15) is 4.79 Å². The van der Waals surface area contributed by atoms with Crippen molar-refractivity contribution < 1.29 is 14.3 Å². The summed E-state index contributed by atoms with van der Waals surface area (Å²) in [5.74, 6) is 0. The van der Waals surface area contributed by atoms with Crippen LogP contribution in [0.3, 0.4) is 0 Å². The van der Waals surface area contributed by atoms with Crippen molar-refractivity contribution in [3.8, 4) is 0 Å². The minimum atomic E-state index is -0.365. The molecular formula is C17H27N3O3. The van der Waals surface area contributed by atoms with Crippen molar-refractivity contribution in [2.75, 3.05) is 58.5 Å². The Morgan fingerprint density at radius 1 is 1.30 bits per heavy atom. The minimum Gasteiger partial charge on any atom is -0.450 e. The Hall–Kier alpha value is -1.79. The molecule has 128 valence electrons. The van der Waals surface area contributed by atoms with Crippen LogP contribution in [0.1, 0.15) is 18.5 Å². The maximum atomic E-state index is 11.6. The smallest absolute Gasteiger partial charge is 0.407 e. The van der Waals surface area contributed by atoms with Crippen LogP contribution in [-0.2, 0) is 9.47 Å². The number of carbonyl (C=O) groups excluding carboxylic acids is 1. The van der Waals surface area contributed by atoms with Gasteiger partial charge in [-0.15, -0.1) is 0 Å². The SMILES string of the molecule is CCOC(=O)NC[C@H](c1ccc(N(C)C)cc1)N1CCOCC1. The molecule has 1 fully saturated rings. The number of benzene rings is 1. The lowest BCUT2D eigenvalue weighted by atomic mass is 10.0. The summed E-state index contributed by atoms with van der Waals surface area (Å²) >= 11 is 0. The molecule has 0 aromatic heterocycles. The van der Waals surface area contributed by atoms with E-state index in [1.807, 2.05) is 14.1 Å². The highest BCUT2D eigenvalue weighted by Crippen LogP contribution is 2.23. The summed E-state index contributed by atoms with van der Waals surface area (Å²) in [7, 11) is 4.05. The number of rotatable bonds is 6. The first-order valence-corrected chi connectivity index (χ1v) is 8.11. The molecule has 1 aliphatic rings. The number of hydrogen-bond acceptors (Lipinski definition) is 5. The van der Waals surface area contributed by atoms with E-state index in [2.05, 4.69) is 39.4 Å². The quantitative estimate of drug-likeness (QED) is 0.867. The number of nitrogens with zero attached hydrogens (tertiary/aromatic N) is 2. The van der Waals surface area contributed by atoms with Crippen molar-refractivity contribution >= 4 is 11.8 Å². The van der Waals surface area contributed by atoms with Gasteiger partial charge in [-0.3, -0.25) is 4.90 Å². The summed E-state index contributed by atoms with van der Waals surface area (Å²) in [5, 5.41) is 2.86. The predicted octanol–water partition coefficient (Wildman–Crippen LogP) is 1.87. The number of carbonyl (C=O) groups is 1. The lowest BCUT2D eigenvalue weighted by Gasteiger charge is -2.35. The van der Waals surface area contributed by atoms with Crippen LogP contribution in [0.25, 0.3) is 0 Å². The van der Waals surface area contributed by atoms with Crippen LogP contribution in [0.15, 0.2) is 24.3 Å². The summed E-state index contributed by atoms with van der Waals surface area (Å²) in [4.78, 5) is 16.0. The summed E-state index contributed by atoms with van der Waals surface area (Å²) in [6.07, 6.45) is -0.365. The molecule has 1 aliphatic heterocycles. The molecule has 0 bridgehead atoms. The zero-order chi connectivity index (χ0) is 16.7. The fraction of sp³-hybridized carbons (Fsp3) is 0.588. The van der Waals surface area contributed by atoms with Gasteiger partial charge in [0.2, 0.25) is 0 Å². The third-order valence-corrected chi connectivity index (χ3v) is 4.00. The first-order chi connectivity index (χ1) is 11.1. The fourth-order valence-electron chi connectivity index (χ4n) is 2.70. The number of anilines is 1. The average molecular weight is 321 g/mol. The summed E-state index contributed by atoms with van der Waals surface area (Å²) < 4.78 is 10.4. The number of alkyl carbamates (subject to hydrolysis) is 1. The highest BCUT2D eigenvalue weighted by molar-refractivity contribution is 5.67. The molecular weight excluding hydrogens is 294 g/mol. The van der Waals surface area contributed by atoms with Crippen molar-refractivity contribution in [3.63, 3.8) is 0 Å². The molecule has 1 amide bonds. The van der Waals surface area contributed by atoms with Gasteiger partial charge in [-0.1, -0.05) is 12.1 Å². The second-order valence-corrected chi connectivity index (χ2v) is 5.75. The topological polar surface area (TPSA) is 54.0 Å². The number of hydrogen-bond donors (Lipinski definition) is 1. The Balaban J connectivity index is 2.09. The van der Waals surface area contributed by atoms with Crippen LogP contribution < -0.4 is 10.2 Å². The number of ether oxygens (including phenoxy) is 2. The molecule has 1 saturated heterocycles. The largest absolute Gasteiger partial charge is 0.450 e. The van der Waals surface area contributed by atoms with Crippen LogP contribution >= 0.6 is 0 Å². The molecule has 0 radical (unpaired) electrons. The van der Waals surface area contributed by atoms with Crippen molar-refractivity contribution in [2.24, 2.45) is 0 Å². The molecule has 6 nitrogen and oxygen atoms in total. The number of morpholine rings is 1. The molecule has 23 heavy (non-hydrogen) atoms. The van der Waals surface area contributed by atoms with Gasteiger partial charge in [0, 0.05) is 39.4 Å². The van der Waals surface area contributed by atoms with E-state index >= 15 is 0 Å². The summed E-state index contributed by atoms with van der Waals surface area (Å²) in [6, 6.07) is 8.59. The highest BCUT2D eigenvalue weighted by atomic mass is 16.5. The first kappa shape index (κ1) is 17.6. The van der Waals surface area contributed by atoms with Crippen molar-refractivity contribution in [3.05, 3.63) is 29.8 Å². The van der Waals surface area contributed by atoms with E-state index < -0.39 is 0 Å². The molecule has 1 atom stereocenters. The van der Waals surface area contributed by atoms with Gasteiger partial charge in [-0.25, -0.2) is 4.79 Å². The van der Waals surface area contributed by atoms with E-state index in [0.717, 1.165) is 32.0 Å². The zero-order valence-corrected chi connectivity index (χ0v) is 14.2. The summed E-state index contributed by atoms with van der Waals surface area (Å²) in [6.45, 7) is 5.90. The maximum absolute atomic E-state index is 11.6. The van der Waals surface area contributed by atoms with E-state index in [0.29, 0.717) is 13.2 Å². The molecule has 1 heterocycles. The third kappa shape index (κ3) is 5.11. The van der Waals surface area contributed by atoms with Crippen LogP contribution in [0.5, 0.6) is 0 Å². The number of amides is 1. The Labute approximate surface area is 138 Å². The first-order valence-electron chi connectivity index (χ1n) is 8.11. The van der Waals surface area contributed by atoms with Gasteiger partial charge in [-0.05, 0) is 24.6 Å². The van der Waals surface area contributed by atoms with Crippen LogP contribution in [0.2, 0.25) is 0 Å². The Bertz CT molecular complexity index is 484. The predicted molar refractivity (Wildman–Crippen MR) is 90.9 cm³/mol. The average Bonchev–Trinajstić information content (AvgIpc) is 2.57. The van der Waals surface area contributed by atoms with Crippen molar-refractivity contribution in [1.82, 2.24) is 10.2 Å². The summed E-state index contributed by atoms with van der Waals surface area (Å²) in [5.41, 5.74) is 2.35. The van der Waals surface area contributed by atoms with E-state index in [1.165, 1.54) is 5.56 Å². The molecule has 1 aromatic carbocycles. The van der Waals surface area contributed by atoms with Crippen molar-refractivity contribution in [1.29, 1.82) is 0 Å². The molecule has 0 saturated carbocycles. The fourth-order valence-corrected chi connectivity index (χ4v) is 2.70.